The number of fused-ring (bicyclic) bond motifs is 1. The SMILES string of the molecule is NC(=O)c1ccn2c1C=NC=CN=CC=NC=C2. The van der Waals surface area contributed by atoms with Crippen LogP contribution >= 0.6 is 0 Å². The van der Waals surface area contributed by atoms with Gasteiger partial charge in [-0.3, -0.25) is 19.8 Å². The van der Waals surface area contributed by atoms with E-state index in [0.29, 0.717) is 11.3 Å². The summed E-state index contributed by atoms with van der Waals surface area (Å²) in [5, 5.41) is 0. The molecule has 1 aliphatic heterocycles. The van der Waals surface area contributed by atoms with Crippen LogP contribution in [0.4, 0.5) is 0 Å². The average molecular weight is 241 g/mol. The molecule has 1 aliphatic rings. The van der Waals surface area contributed by atoms with E-state index in [1.807, 2.05) is 0 Å². The Balaban J connectivity index is 2.47. The van der Waals surface area contributed by atoms with Gasteiger partial charge in [0.05, 0.1) is 17.5 Å². The molecule has 0 saturated carbocycles. The standard InChI is InChI=1S/C12H11N5O/c13-12(18)10-1-7-17-8-6-15-3-2-14-4-5-16-9-11(10)17/h1-9H,(H2,13,18). The van der Waals surface area contributed by atoms with Crippen LogP contribution < -0.4 is 5.73 Å². The molecule has 0 atom stereocenters. The van der Waals surface area contributed by atoms with E-state index in [0.717, 1.165) is 0 Å². The molecule has 0 unspecified atom stereocenters. The van der Waals surface area contributed by atoms with Crippen molar-refractivity contribution >= 4 is 30.8 Å². The predicted molar refractivity (Wildman–Crippen MR) is 72.0 cm³/mol. The van der Waals surface area contributed by atoms with Crippen LogP contribution in [0.15, 0.2) is 45.8 Å². The lowest BCUT2D eigenvalue weighted by Gasteiger charge is -1.99. The van der Waals surface area contributed by atoms with Gasteiger partial charge < -0.3 is 10.3 Å². The van der Waals surface area contributed by atoms with Crippen molar-refractivity contribution < 1.29 is 4.79 Å². The van der Waals surface area contributed by atoms with E-state index in [1.165, 1.54) is 12.4 Å². The van der Waals surface area contributed by atoms with E-state index in [4.69, 9.17) is 5.73 Å². The summed E-state index contributed by atoms with van der Waals surface area (Å²) >= 11 is 0. The Morgan fingerprint density at radius 3 is 2.61 bits per heavy atom. The molecule has 6 nitrogen and oxygen atoms in total. The number of nitrogens with two attached hydrogens (primary N) is 1. The van der Waals surface area contributed by atoms with Crippen LogP contribution in [0.1, 0.15) is 16.1 Å². The predicted octanol–water partition coefficient (Wildman–Crippen LogP) is 1.06. The Labute approximate surface area is 104 Å². The van der Waals surface area contributed by atoms with Crippen molar-refractivity contribution in [1.29, 1.82) is 0 Å². The highest BCUT2D eigenvalue weighted by Gasteiger charge is 2.10. The number of amides is 1. The third kappa shape index (κ3) is 2.67. The van der Waals surface area contributed by atoms with Crippen LogP contribution in [0.5, 0.6) is 0 Å². The van der Waals surface area contributed by atoms with Crippen molar-refractivity contribution in [3.8, 4) is 0 Å². The summed E-state index contributed by atoms with van der Waals surface area (Å²) in [6.07, 6.45) is 12.7. The van der Waals surface area contributed by atoms with Crippen LogP contribution in [0, 0.1) is 0 Å². The summed E-state index contributed by atoms with van der Waals surface area (Å²) in [5.74, 6) is -0.499. The minimum atomic E-state index is -0.499. The molecular weight excluding hydrogens is 230 g/mol. The van der Waals surface area contributed by atoms with E-state index in [9.17, 15) is 4.79 Å². The normalized spacial score (nSPS) is 14.0. The number of carbonyl (C=O) groups is 1. The van der Waals surface area contributed by atoms with Crippen LogP contribution in [-0.4, -0.2) is 29.1 Å². The van der Waals surface area contributed by atoms with E-state index in [1.54, 1.807) is 47.9 Å². The van der Waals surface area contributed by atoms with Gasteiger partial charge in [0.2, 0.25) is 0 Å². The number of nitrogens with zero attached hydrogens (tertiary/aromatic N) is 4. The highest BCUT2D eigenvalue weighted by atomic mass is 16.1. The van der Waals surface area contributed by atoms with Crippen LogP contribution in [0.25, 0.3) is 6.20 Å². The van der Waals surface area contributed by atoms with Crippen LogP contribution in [-0.2, 0) is 0 Å². The number of aromatic nitrogens is 1. The smallest absolute Gasteiger partial charge is 0.250 e. The van der Waals surface area contributed by atoms with E-state index in [2.05, 4.69) is 15.0 Å². The minimum absolute atomic E-state index is 0.404. The fourth-order valence-electron chi connectivity index (χ4n) is 1.41. The van der Waals surface area contributed by atoms with E-state index in [-0.39, 0.29) is 0 Å². The number of rotatable bonds is 1. The van der Waals surface area contributed by atoms with Gasteiger partial charge in [0.1, 0.15) is 0 Å². The van der Waals surface area contributed by atoms with Crippen molar-refractivity contribution in [2.24, 2.45) is 20.7 Å². The van der Waals surface area contributed by atoms with Gasteiger partial charge in [0.15, 0.2) is 0 Å². The topological polar surface area (TPSA) is 85.1 Å². The number of hydrogen-bond donors (Lipinski definition) is 1. The number of aliphatic imine (C=N–C) groups is 3. The Hall–Kier alpha value is -2.76. The molecule has 0 aliphatic carbocycles. The van der Waals surface area contributed by atoms with Crippen molar-refractivity contribution in [1.82, 2.24) is 4.57 Å². The molecule has 90 valence electrons. The lowest BCUT2D eigenvalue weighted by atomic mass is 10.2. The summed E-state index contributed by atoms with van der Waals surface area (Å²) in [5.41, 5.74) is 6.29. The first-order valence-corrected chi connectivity index (χ1v) is 5.19. The summed E-state index contributed by atoms with van der Waals surface area (Å²) < 4.78 is 1.72. The van der Waals surface area contributed by atoms with Gasteiger partial charge in [-0.05, 0) is 6.07 Å². The molecular formula is C12H11N5O. The number of hydrogen-bond acceptors (Lipinski definition) is 4. The maximum atomic E-state index is 11.3. The molecule has 1 aromatic heterocycles. The van der Waals surface area contributed by atoms with Crippen molar-refractivity contribution in [3.05, 3.63) is 42.1 Å². The highest BCUT2D eigenvalue weighted by molar-refractivity contribution is 6.16. The molecule has 0 radical (unpaired) electrons. The quantitative estimate of drug-likeness (QED) is 0.783. The summed E-state index contributed by atoms with van der Waals surface area (Å²) in [6.45, 7) is 0. The van der Waals surface area contributed by atoms with Gasteiger partial charge in [0, 0.05) is 43.4 Å². The van der Waals surface area contributed by atoms with Gasteiger partial charge in [0.25, 0.3) is 5.91 Å². The average Bonchev–Trinajstić information content (AvgIpc) is 2.72. The first-order valence-electron chi connectivity index (χ1n) is 5.19. The Bertz CT molecular complexity index is 590. The molecule has 1 aromatic rings. The highest BCUT2D eigenvalue weighted by Crippen LogP contribution is 2.09. The van der Waals surface area contributed by atoms with Crippen molar-refractivity contribution in [2.45, 2.75) is 0 Å². The monoisotopic (exact) mass is 241 g/mol. The molecule has 0 spiro atoms. The zero-order valence-electron chi connectivity index (χ0n) is 9.47. The van der Waals surface area contributed by atoms with Gasteiger partial charge in [-0.25, -0.2) is 0 Å². The van der Waals surface area contributed by atoms with Gasteiger partial charge in [-0.2, -0.15) is 0 Å². The fraction of sp³-hybridized carbons (Fsp3) is 0. The van der Waals surface area contributed by atoms with E-state index >= 15 is 0 Å². The molecule has 0 aromatic carbocycles. The fourth-order valence-corrected chi connectivity index (χ4v) is 1.41. The minimum Gasteiger partial charge on any atom is -0.366 e. The maximum Gasteiger partial charge on any atom is 0.250 e. The molecule has 1 amide bonds. The maximum absolute atomic E-state index is 11.3. The largest absolute Gasteiger partial charge is 0.366 e. The Morgan fingerprint density at radius 1 is 1.11 bits per heavy atom. The van der Waals surface area contributed by atoms with Crippen LogP contribution in [0.3, 0.4) is 0 Å². The van der Waals surface area contributed by atoms with Crippen LogP contribution in [0.2, 0.25) is 0 Å². The lowest BCUT2D eigenvalue weighted by Crippen LogP contribution is -2.13. The number of carbonyl (C=O) groups excluding carboxylic acids is 1. The molecule has 0 saturated heterocycles. The summed E-state index contributed by atoms with van der Waals surface area (Å²) in [7, 11) is 0. The molecule has 0 bridgehead atoms. The third-order valence-electron chi connectivity index (χ3n) is 2.21. The zero-order valence-corrected chi connectivity index (χ0v) is 9.47. The number of primary amides is 1. The molecule has 2 N–H and O–H groups in total. The molecule has 2 rings (SSSR count). The Kier molecular flexibility index (Phi) is 3.60. The third-order valence-corrected chi connectivity index (χ3v) is 2.21. The first-order chi connectivity index (χ1) is 8.79. The Morgan fingerprint density at radius 2 is 1.83 bits per heavy atom. The zero-order chi connectivity index (χ0) is 12.8. The van der Waals surface area contributed by atoms with Crippen molar-refractivity contribution in [2.75, 3.05) is 0 Å². The second-order valence-corrected chi connectivity index (χ2v) is 3.36. The molecule has 2 heterocycles. The molecule has 0 fully saturated rings. The van der Waals surface area contributed by atoms with Gasteiger partial charge in [-0.1, -0.05) is 0 Å². The summed E-state index contributed by atoms with van der Waals surface area (Å²) in [6, 6.07) is 1.64. The second-order valence-electron chi connectivity index (χ2n) is 3.36. The summed E-state index contributed by atoms with van der Waals surface area (Å²) in [4.78, 5) is 23.2. The van der Waals surface area contributed by atoms with Crippen molar-refractivity contribution in [3.63, 3.8) is 0 Å². The lowest BCUT2D eigenvalue weighted by molar-refractivity contribution is 0.100. The van der Waals surface area contributed by atoms with Gasteiger partial charge in [-0.15, -0.1) is 0 Å². The first kappa shape index (κ1) is 11.7. The molecule has 6 heteroatoms. The van der Waals surface area contributed by atoms with E-state index < -0.39 is 5.91 Å². The van der Waals surface area contributed by atoms with Gasteiger partial charge >= 0.3 is 0 Å². The molecule has 18 heavy (non-hydrogen) atoms. The second kappa shape index (κ2) is 5.53.